The van der Waals surface area contributed by atoms with E-state index in [0.29, 0.717) is 19.4 Å². The fourth-order valence-corrected chi connectivity index (χ4v) is 4.49. The van der Waals surface area contributed by atoms with Crippen molar-refractivity contribution in [3.8, 4) is 5.75 Å². The number of amides is 1. The number of nitrogens with one attached hydrogen (secondary N) is 1. The van der Waals surface area contributed by atoms with E-state index in [9.17, 15) is 13.2 Å². The van der Waals surface area contributed by atoms with Crippen LogP contribution in [-0.4, -0.2) is 38.5 Å². The number of ether oxygens (including phenoxy) is 1. The van der Waals surface area contributed by atoms with Crippen LogP contribution >= 0.6 is 0 Å². The second-order valence-corrected chi connectivity index (χ2v) is 7.65. The number of hydrogen-bond acceptors (Lipinski definition) is 4. The van der Waals surface area contributed by atoms with Crippen LogP contribution in [0.1, 0.15) is 24.3 Å². The SMILES string of the molecule is O=C(CC1COc2ccccc21)NC1CCS(=O)(=O)C1. The zero-order valence-corrected chi connectivity index (χ0v) is 11.9. The quantitative estimate of drug-likeness (QED) is 0.897. The van der Waals surface area contributed by atoms with Gasteiger partial charge in [-0.3, -0.25) is 4.79 Å². The van der Waals surface area contributed by atoms with Gasteiger partial charge in [-0.1, -0.05) is 18.2 Å². The minimum atomic E-state index is -2.96. The van der Waals surface area contributed by atoms with Crippen molar-refractivity contribution in [2.45, 2.75) is 24.8 Å². The van der Waals surface area contributed by atoms with E-state index in [4.69, 9.17) is 4.74 Å². The first-order valence-corrected chi connectivity index (χ1v) is 8.57. The highest BCUT2D eigenvalue weighted by Gasteiger charge is 2.31. The molecule has 0 radical (unpaired) electrons. The number of para-hydroxylation sites is 1. The number of carbonyl (C=O) groups is 1. The first kappa shape index (κ1) is 13.4. The summed E-state index contributed by atoms with van der Waals surface area (Å²) in [6.07, 6.45) is 0.861. The van der Waals surface area contributed by atoms with E-state index in [0.717, 1.165) is 11.3 Å². The molecule has 2 heterocycles. The molecular weight excluding hydrogens is 278 g/mol. The van der Waals surface area contributed by atoms with E-state index in [1.807, 2.05) is 24.3 Å². The summed E-state index contributed by atoms with van der Waals surface area (Å²) in [6.45, 7) is 0.510. The van der Waals surface area contributed by atoms with Gasteiger partial charge in [-0.2, -0.15) is 0 Å². The van der Waals surface area contributed by atoms with Crippen LogP contribution in [-0.2, 0) is 14.6 Å². The third-order valence-electron chi connectivity index (χ3n) is 3.83. The van der Waals surface area contributed by atoms with Gasteiger partial charge in [-0.25, -0.2) is 8.42 Å². The summed E-state index contributed by atoms with van der Waals surface area (Å²) in [5, 5.41) is 2.82. The number of fused-ring (bicyclic) bond motifs is 1. The van der Waals surface area contributed by atoms with E-state index in [1.165, 1.54) is 0 Å². The van der Waals surface area contributed by atoms with Crippen molar-refractivity contribution in [1.29, 1.82) is 0 Å². The highest BCUT2D eigenvalue weighted by molar-refractivity contribution is 7.91. The number of rotatable bonds is 3. The second kappa shape index (κ2) is 5.09. The van der Waals surface area contributed by atoms with Crippen LogP contribution in [0.5, 0.6) is 5.75 Å². The number of sulfone groups is 1. The number of hydrogen-bond donors (Lipinski definition) is 1. The molecule has 0 saturated carbocycles. The van der Waals surface area contributed by atoms with Gasteiger partial charge in [0, 0.05) is 23.9 Å². The summed E-state index contributed by atoms with van der Waals surface area (Å²) in [5.74, 6) is 1.04. The highest BCUT2D eigenvalue weighted by atomic mass is 32.2. The molecule has 0 aromatic heterocycles. The van der Waals surface area contributed by atoms with Crippen LogP contribution in [0.4, 0.5) is 0 Å². The van der Waals surface area contributed by atoms with Gasteiger partial charge in [0.15, 0.2) is 9.84 Å². The minimum Gasteiger partial charge on any atom is -0.493 e. The van der Waals surface area contributed by atoms with Crippen molar-refractivity contribution >= 4 is 15.7 Å². The van der Waals surface area contributed by atoms with Crippen LogP contribution < -0.4 is 10.1 Å². The monoisotopic (exact) mass is 295 g/mol. The summed E-state index contributed by atoms with van der Waals surface area (Å²) in [5.41, 5.74) is 1.06. The smallest absolute Gasteiger partial charge is 0.220 e. The van der Waals surface area contributed by atoms with Crippen molar-refractivity contribution in [1.82, 2.24) is 5.32 Å². The fraction of sp³-hybridized carbons (Fsp3) is 0.500. The molecule has 1 N–H and O–H groups in total. The predicted molar refractivity (Wildman–Crippen MR) is 74.5 cm³/mol. The van der Waals surface area contributed by atoms with Crippen molar-refractivity contribution in [3.05, 3.63) is 29.8 Å². The van der Waals surface area contributed by atoms with Crippen LogP contribution in [0.3, 0.4) is 0 Å². The van der Waals surface area contributed by atoms with E-state index in [-0.39, 0.29) is 29.4 Å². The Balaban J connectivity index is 1.58. The summed E-state index contributed by atoms with van der Waals surface area (Å²) in [6, 6.07) is 7.48. The first-order chi connectivity index (χ1) is 9.53. The summed E-state index contributed by atoms with van der Waals surface area (Å²) in [7, 11) is -2.96. The zero-order chi connectivity index (χ0) is 14.2. The Morgan fingerprint density at radius 3 is 2.90 bits per heavy atom. The lowest BCUT2D eigenvalue weighted by Crippen LogP contribution is -2.36. The summed E-state index contributed by atoms with van der Waals surface area (Å²) < 4.78 is 28.3. The van der Waals surface area contributed by atoms with Gasteiger partial charge in [0.2, 0.25) is 5.91 Å². The molecule has 3 rings (SSSR count). The highest BCUT2D eigenvalue weighted by Crippen LogP contribution is 2.35. The van der Waals surface area contributed by atoms with Crippen LogP contribution in [0.25, 0.3) is 0 Å². The van der Waals surface area contributed by atoms with E-state index in [2.05, 4.69) is 5.32 Å². The van der Waals surface area contributed by atoms with Gasteiger partial charge >= 0.3 is 0 Å². The van der Waals surface area contributed by atoms with Crippen molar-refractivity contribution in [2.24, 2.45) is 0 Å². The average Bonchev–Trinajstić information content (AvgIpc) is 2.94. The Labute approximate surface area is 118 Å². The molecule has 108 valence electrons. The van der Waals surface area contributed by atoms with Crippen LogP contribution in [0.15, 0.2) is 24.3 Å². The molecule has 0 spiro atoms. The standard InChI is InChI=1S/C14H17NO4S/c16-14(15-11-5-6-20(17,18)9-11)7-10-8-19-13-4-2-1-3-12(10)13/h1-4,10-11H,5-9H2,(H,15,16). The molecule has 1 saturated heterocycles. The molecule has 1 amide bonds. The molecule has 20 heavy (non-hydrogen) atoms. The zero-order valence-electron chi connectivity index (χ0n) is 11.0. The minimum absolute atomic E-state index is 0.0595. The lowest BCUT2D eigenvalue weighted by atomic mass is 9.97. The number of carbonyl (C=O) groups excluding carboxylic acids is 1. The fourth-order valence-electron chi connectivity index (χ4n) is 2.82. The van der Waals surface area contributed by atoms with E-state index in [1.54, 1.807) is 0 Å². The molecule has 2 aliphatic heterocycles. The molecular formula is C14H17NO4S. The Bertz CT molecular complexity index is 626. The number of benzene rings is 1. The van der Waals surface area contributed by atoms with Gasteiger partial charge in [-0.15, -0.1) is 0 Å². The predicted octanol–water partition coefficient (Wildman–Crippen LogP) is 0.856. The maximum atomic E-state index is 12.0. The lowest BCUT2D eigenvalue weighted by molar-refractivity contribution is -0.122. The molecule has 0 aliphatic carbocycles. The Hall–Kier alpha value is -1.56. The Morgan fingerprint density at radius 2 is 2.15 bits per heavy atom. The maximum absolute atomic E-state index is 12.0. The summed E-state index contributed by atoms with van der Waals surface area (Å²) >= 11 is 0. The van der Waals surface area contributed by atoms with Crippen LogP contribution in [0, 0.1) is 0 Å². The van der Waals surface area contributed by atoms with Crippen molar-refractivity contribution in [3.63, 3.8) is 0 Å². The third-order valence-corrected chi connectivity index (χ3v) is 5.60. The Morgan fingerprint density at radius 1 is 1.35 bits per heavy atom. The largest absolute Gasteiger partial charge is 0.493 e. The van der Waals surface area contributed by atoms with E-state index < -0.39 is 9.84 Å². The van der Waals surface area contributed by atoms with Crippen molar-refractivity contribution < 1.29 is 17.9 Å². The molecule has 1 aromatic rings. The molecule has 5 nitrogen and oxygen atoms in total. The molecule has 1 aromatic carbocycles. The first-order valence-electron chi connectivity index (χ1n) is 6.75. The summed E-state index contributed by atoms with van der Waals surface area (Å²) in [4.78, 5) is 12.0. The van der Waals surface area contributed by atoms with Gasteiger partial charge in [-0.05, 0) is 12.5 Å². The normalized spacial score (nSPS) is 26.8. The topological polar surface area (TPSA) is 72.5 Å². The van der Waals surface area contributed by atoms with Gasteiger partial charge in [0.05, 0.1) is 18.1 Å². The molecule has 0 bridgehead atoms. The van der Waals surface area contributed by atoms with E-state index >= 15 is 0 Å². The molecule has 1 fully saturated rings. The van der Waals surface area contributed by atoms with Crippen LogP contribution in [0.2, 0.25) is 0 Å². The second-order valence-electron chi connectivity index (χ2n) is 5.42. The Kier molecular flexibility index (Phi) is 3.41. The van der Waals surface area contributed by atoms with Gasteiger partial charge < -0.3 is 10.1 Å². The van der Waals surface area contributed by atoms with Crippen molar-refractivity contribution in [2.75, 3.05) is 18.1 Å². The molecule has 2 unspecified atom stereocenters. The van der Waals surface area contributed by atoms with Gasteiger partial charge in [0.1, 0.15) is 5.75 Å². The van der Waals surface area contributed by atoms with Gasteiger partial charge in [0.25, 0.3) is 0 Å². The molecule has 2 atom stereocenters. The molecule has 2 aliphatic rings. The lowest BCUT2D eigenvalue weighted by Gasteiger charge is -2.13. The molecule has 6 heteroatoms. The third kappa shape index (κ3) is 2.80. The maximum Gasteiger partial charge on any atom is 0.220 e. The average molecular weight is 295 g/mol.